The van der Waals surface area contributed by atoms with E-state index in [1.54, 1.807) is 12.3 Å². The molecule has 3 nitrogen and oxygen atoms in total. The van der Waals surface area contributed by atoms with Crippen LogP contribution >= 0.6 is 34.5 Å². The van der Waals surface area contributed by atoms with Crippen molar-refractivity contribution in [1.82, 2.24) is 9.97 Å². The third-order valence-electron chi connectivity index (χ3n) is 2.01. The van der Waals surface area contributed by atoms with Crippen molar-refractivity contribution >= 4 is 40.2 Å². The molecule has 2 rings (SSSR count). The Kier molecular flexibility index (Phi) is 3.63. The molecule has 2 aromatic rings. The number of hydrogen-bond donors (Lipinski definition) is 1. The fraction of sp³-hybridized carbons (Fsp3) is 0.200. The van der Waals surface area contributed by atoms with E-state index in [1.165, 1.54) is 11.3 Å². The van der Waals surface area contributed by atoms with Crippen LogP contribution in [0.1, 0.15) is 10.7 Å². The molecule has 1 N–H and O–H groups in total. The monoisotopic (exact) mass is 273 g/mol. The predicted octanol–water partition coefficient (Wildman–Crippen LogP) is 3.77. The molecule has 0 radical (unpaired) electrons. The molecule has 2 aromatic heterocycles. The van der Waals surface area contributed by atoms with Crippen molar-refractivity contribution in [3.05, 3.63) is 38.5 Å². The molecule has 0 aliphatic carbocycles. The molecule has 0 aliphatic heterocycles. The summed E-state index contributed by atoms with van der Waals surface area (Å²) in [5, 5.41) is 4.68. The second kappa shape index (κ2) is 4.99. The number of nitrogens with one attached hydrogen (secondary N) is 1. The first kappa shape index (κ1) is 11.6. The number of nitrogens with zero attached hydrogens (tertiary/aromatic N) is 2. The van der Waals surface area contributed by atoms with Crippen LogP contribution in [-0.4, -0.2) is 9.97 Å². The molecule has 0 amide bonds. The van der Waals surface area contributed by atoms with E-state index < -0.39 is 0 Å². The number of pyridine rings is 1. The van der Waals surface area contributed by atoms with Crippen LogP contribution in [0.2, 0.25) is 9.49 Å². The van der Waals surface area contributed by atoms with Crippen LogP contribution in [0, 0.1) is 6.92 Å². The number of aryl methyl sites for hydroxylation is 1. The van der Waals surface area contributed by atoms with Crippen molar-refractivity contribution in [2.75, 3.05) is 5.32 Å². The smallest absolute Gasteiger partial charge is 0.129 e. The molecule has 0 saturated carbocycles. The highest BCUT2D eigenvalue weighted by Gasteiger charge is 2.03. The molecular formula is C10H9Cl2N3S. The van der Waals surface area contributed by atoms with Crippen LogP contribution in [0.25, 0.3) is 0 Å². The molecule has 0 saturated heterocycles. The molecule has 16 heavy (non-hydrogen) atoms. The minimum atomic E-state index is 0.500. The first-order chi connectivity index (χ1) is 7.65. The Morgan fingerprint density at radius 2 is 2.19 bits per heavy atom. The van der Waals surface area contributed by atoms with Gasteiger partial charge >= 0.3 is 0 Å². The lowest BCUT2D eigenvalue weighted by Gasteiger charge is -2.06. The number of rotatable bonds is 3. The van der Waals surface area contributed by atoms with Crippen LogP contribution in [0.4, 0.5) is 5.69 Å². The van der Waals surface area contributed by atoms with Crippen LogP contribution in [0.15, 0.2) is 18.3 Å². The molecular weight excluding hydrogens is 265 g/mol. The molecule has 0 unspecified atom stereocenters. The van der Waals surface area contributed by atoms with E-state index in [0.717, 1.165) is 16.4 Å². The van der Waals surface area contributed by atoms with E-state index in [-0.39, 0.29) is 0 Å². The molecule has 0 fully saturated rings. The molecule has 0 aromatic carbocycles. The Morgan fingerprint density at radius 1 is 1.38 bits per heavy atom. The molecule has 0 atom stereocenters. The average Bonchev–Trinajstić information content (AvgIpc) is 2.63. The Morgan fingerprint density at radius 3 is 2.81 bits per heavy atom. The lowest BCUT2D eigenvalue weighted by atomic mass is 10.3. The van der Waals surface area contributed by atoms with Crippen molar-refractivity contribution < 1.29 is 0 Å². The van der Waals surface area contributed by atoms with E-state index in [1.807, 2.05) is 13.0 Å². The van der Waals surface area contributed by atoms with Gasteiger partial charge in [-0.15, -0.1) is 11.3 Å². The minimum Gasteiger partial charge on any atom is -0.377 e. The second-order valence-electron chi connectivity index (χ2n) is 3.18. The zero-order chi connectivity index (χ0) is 11.5. The summed E-state index contributed by atoms with van der Waals surface area (Å²) in [7, 11) is 0. The van der Waals surface area contributed by atoms with Gasteiger partial charge in [0.2, 0.25) is 0 Å². The number of anilines is 1. The molecule has 84 valence electrons. The van der Waals surface area contributed by atoms with Crippen LogP contribution in [0.5, 0.6) is 0 Å². The van der Waals surface area contributed by atoms with Gasteiger partial charge in [-0.25, -0.2) is 9.97 Å². The maximum absolute atomic E-state index is 5.79. The average molecular weight is 274 g/mol. The lowest BCUT2D eigenvalue weighted by Crippen LogP contribution is -2.01. The fourth-order valence-electron chi connectivity index (χ4n) is 1.26. The normalized spacial score (nSPS) is 10.4. The molecule has 0 bridgehead atoms. The maximum atomic E-state index is 5.79. The minimum absolute atomic E-state index is 0.500. The molecule has 6 heteroatoms. The summed E-state index contributed by atoms with van der Waals surface area (Å²) in [5.74, 6) is 0. The van der Waals surface area contributed by atoms with Crippen molar-refractivity contribution in [1.29, 1.82) is 0 Å². The summed E-state index contributed by atoms with van der Waals surface area (Å²) in [4.78, 5) is 8.31. The Bertz CT molecular complexity index is 499. The highest BCUT2D eigenvalue weighted by atomic mass is 35.5. The predicted molar refractivity (Wildman–Crippen MR) is 68.4 cm³/mol. The van der Waals surface area contributed by atoms with Gasteiger partial charge < -0.3 is 5.32 Å². The summed E-state index contributed by atoms with van der Waals surface area (Å²) in [5.41, 5.74) is 1.82. The highest BCUT2D eigenvalue weighted by Crippen LogP contribution is 2.20. The van der Waals surface area contributed by atoms with Gasteiger partial charge in [-0.2, -0.15) is 0 Å². The van der Waals surface area contributed by atoms with E-state index in [0.29, 0.717) is 16.0 Å². The quantitative estimate of drug-likeness (QED) is 0.866. The molecule has 2 heterocycles. The summed E-state index contributed by atoms with van der Waals surface area (Å²) in [6.07, 6.45) is 1.65. The van der Waals surface area contributed by atoms with E-state index in [2.05, 4.69) is 15.3 Å². The lowest BCUT2D eigenvalue weighted by molar-refractivity contribution is 1.08. The van der Waals surface area contributed by atoms with Gasteiger partial charge in [-0.05, 0) is 19.1 Å². The second-order valence-corrected chi connectivity index (χ2v) is 5.31. The van der Waals surface area contributed by atoms with Crippen LogP contribution < -0.4 is 5.32 Å². The zero-order valence-corrected chi connectivity index (χ0v) is 10.8. The summed E-state index contributed by atoms with van der Waals surface area (Å²) >= 11 is 13.0. The first-order valence-electron chi connectivity index (χ1n) is 4.62. The number of thiazole rings is 1. The van der Waals surface area contributed by atoms with Gasteiger partial charge in [0.25, 0.3) is 0 Å². The van der Waals surface area contributed by atoms with Gasteiger partial charge in [-0.3, -0.25) is 0 Å². The van der Waals surface area contributed by atoms with E-state index in [9.17, 15) is 0 Å². The Balaban J connectivity index is 2.04. The number of hydrogen-bond acceptors (Lipinski definition) is 4. The Labute approximate surface area is 107 Å². The fourth-order valence-corrected chi connectivity index (χ4v) is 2.34. The van der Waals surface area contributed by atoms with Gasteiger partial charge in [0.1, 0.15) is 14.5 Å². The molecule has 0 spiro atoms. The van der Waals surface area contributed by atoms with Crippen molar-refractivity contribution in [3.63, 3.8) is 0 Å². The van der Waals surface area contributed by atoms with Gasteiger partial charge in [0.05, 0.1) is 24.1 Å². The zero-order valence-electron chi connectivity index (χ0n) is 8.50. The number of aromatic nitrogens is 2. The van der Waals surface area contributed by atoms with E-state index in [4.69, 9.17) is 23.2 Å². The first-order valence-corrected chi connectivity index (χ1v) is 6.19. The van der Waals surface area contributed by atoms with Crippen molar-refractivity contribution in [2.45, 2.75) is 13.5 Å². The summed E-state index contributed by atoms with van der Waals surface area (Å²) in [6.45, 7) is 2.55. The number of halogens is 2. The topological polar surface area (TPSA) is 37.8 Å². The highest BCUT2D eigenvalue weighted by molar-refractivity contribution is 7.15. The largest absolute Gasteiger partial charge is 0.377 e. The maximum Gasteiger partial charge on any atom is 0.129 e. The summed E-state index contributed by atoms with van der Waals surface area (Å²) in [6, 6.07) is 3.66. The third kappa shape index (κ3) is 2.84. The van der Waals surface area contributed by atoms with Crippen molar-refractivity contribution in [3.8, 4) is 0 Å². The Hall–Kier alpha value is -0.840. The summed E-state index contributed by atoms with van der Waals surface area (Å²) < 4.78 is 0.697. The van der Waals surface area contributed by atoms with E-state index >= 15 is 0 Å². The van der Waals surface area contributed by atoms with Gasteiger partial charge in [-0.1, -0.05) is 23.2 Å². The van der Waals surface area contributed by atoms with Gasteiger partial charge in [0.15, 0.2) is 0 Å². The van der Waals surface area contributed by atoms with Crippen LogP contribution in [0.3, 0.4) is 0 Å². The van der Waals surface area contributed by atoms with Crippen LogP contribution in [-0.2, 0) is 6.54 Å². The third-order valence-corrected chi connectivity index (χ3v) is 3.33. The SMILES string of the molecule is Cc1nc(Cl)ccc1NCc1ncc(Cl)s1. The molecule has 0 aliphatic rings. The van der Waals surface area contributed by atoms with Gasteiger partial charge in [0, 0.05) is 0 Å². The van der Waals surface area contributed by atoms with Crippen molar-refractivity contribution in [2.24, 2.45) is 0 Å². The standard InChI is InChI=1S/C10H9Cl2N3S/c1-6-7(2-3-8(11)15-6)13-5-10-14-4-9(12)16-10/h2-4,13H,5H2,1H3.